The second kappa shape index (κ2) is 5.61. The van der Waals surface area contributed by atoms with Crippen molar-refractivity contribution in [3.63, 3.8) is 0 Å². The van der Waals surface area contributed by atoms with Gasteiger partial charge in [0.15, 0.2) is 0 Å². The molecule has 0 aliphatic carbocycles. The van der Waals surface area contributed by atoms with Gasteiger partial charge in [0.25, 0.3) is 0 Å². The Bertz CT molecular complexity index is 602. The van der Waals surface area contributed by atoms with Crippen LogP contribution in [-0.4, -0.2) is 10.8 Å². The number of hydrogen-bond acceptors (Lipinski definition) is 3. The van der Waals surface area contributed by atoms with Crippen LogP contribution in [-0.2, 0) is 0 Å². The summed E-state index contributed by atoms with van der Waals surface area (Å²) in [6, 6.07) is 6.92. The van der Waals surface area contributed by atoms with E-state index in [2.05, 4.69) is 4.98 Å². The summed E-state index contributed by atoms with van der Waals surface area (Å²) in [6.45, 7) is 0. The quantitative estimate of drug-likeness (QED) is 0.668. The normalized spacial score (nSPS) is 10.3. The summed E-state index contributed by atoms with van der Waals surface area (Å²) < 4.78 is 0. The molecule has 0 bridgehead atoms. The molecule has 0 radical (unpaired) electrons. The van der Waals surface area contributed by atoms with Crippen LogP contribution in [0, 0.1) is 5.41 Å². The van der Waals surface area contributed by atoms with Crippen LogP contribution in [0.4, 0.5) is 0 Å². The molecule has 0 aliphatic heterocycles. The fraction of sp³-hybridized carbons (Fsp3) is 0. The zero-order valence-electron chi connectivity index (χ0n) is 9.15. The van der Waals surface area contributed by atoms with E-state index in [-0.39, 0.29) is 5.84 Å². The van der Waals surface area contributed by atoms with Crippen molar-refractivity contribution in [2.75, 3.05) is 0 Å². The highest BCUT2D eigenvalue weighted by Crippen LogP contribution is 2.36. The molecular weight excluding hydrogens is 289 g/mol. The van der Waals surface area contributed by atoms with Crippen molar-refractivity contribution in [1.82, 2.24) is 4.98 Å². The summed E-state index contributed by atoms with van der Waals surface area (Å²) >= 11 is 13.4. The Hall–Kier alpha value is -1.23. The molecule has 0 saturated heterocycles. The minimum Gasteiger partial charge on any atom is -0.384 e. The number of amidine groups is 1. The van der Waals surface area contributed by atoms with Gasteiger partial charge in [0.05, 0.1) is 5.02 Å². The Morgan fingerprint density at radius 3 is 2.72 bits per heavy atom. The number of benzene rings is 1. The third kappa shape index (κ3) is 2.96. The van der Waals surface area contributed by atoms with Crippen LogP contribution in [0.2, 0.25) is 10.0 Å². The number of rotatable bonds is 3. The number of nitrogens with zero attached hydrogens (tertiary/aromatic N) is 1. The van der Waals surface area contributed by atoms with Crippen molar-refractivity contribution in [3.05, 3.63) is 52.3 Å². The molecule has 92 valence electrons. The molecule has 0 unspecified atom stereocenters. The Kier molecular flexibility index (Phi) is 4.11. The number of nitrogens with one attached hydrogen (secondary N) is 1. The fourth-order valence-electron chi connectivity index (χ4n) is 1.36. The molecule has 6 heteroatoms. The minimum absolute atomic E-state index is 0.00181. The lowest BCUT2D eigenvalue weighted by atomic mass is 10.2. The van der Waals surface area contributed by atoms with Crippen LogP contribution in [0.25, 0.3) is 0 Å². The lowest BCUT2D eigenvalue weighted by Gasteiger charge is -2.08. The Morgan fingerprint density at radius 1 is 1.22 bits per heavy atom. The molecule has 2 rings (SSSR count). The van der Waals surface area contributed by atoms with Crippen molar-refractivity contribution in [2.24, 2.45) is 5.73 Å². The lowest BCUT2D eigenvalue weighted by molar-refractivity contribution is 1.21. The summed E-state index contributed by atoms with van der Waals surface area (Å²) in [7, 11) is 0. The highest BCUT2D eigenvalue weighted by molar-refractivity contribution is 7.99. The third-order valence-electron chi connectivity index (χ3n) is 2.19. The van der Waals surface area contributed by atoms with Crippen molar-refractivity contribution in [2.45, 2.75) is 9.79 Å². The maximum Gasteiger partial charge on any atom is 0.124 e. The largest absolute Gasteiger partial charge is 0.384 e. The average molecular weight is 298 g/mol. The molecular formula is C12H9Cl2N3S. The summed E-state index contributed by atoms with van der Waals surface area (Å²) in [5.74, 6) is -0.00181. The van der Waals surface area contributed by atoms with Gasteiger partial charge < -0.3 is 5.73 Å². The van der Waals surface area contributed by atoms with E-state index >= 15 is 0 Å². The summed E-state index contributed by atoms with van der Waals surface area (Å²) in [6.07, 6.45) is 3.25. The van der Waals surface area contributed by atoms with Gasteiger partial charge in [-0.2, -0.15) is 0 Å². The second-order valence-corrected chi connectivity index (χ2v) is 5.39. The van der Waals surface area contributed by atoms with Gasteiger partial charge in [0.2, 0.25) is 0 Å². The molecule has 3 nitrogen and oxygen atoms in total. The minimum atomic E-state index is -0.00181. The summed E-state index contributed by atoms with van der Waals surface area (Å²) in [5.41, 5.74) is 6.15. The van der Waals surface area contributed by atoms with E-state index in [0.717, 1.165) is 9.79 Å². The van der Waals surface area contributed by atoms with E-state index in [0.29, 0.717) is 15.6 Å². The number of pyridine rings is 1. The zero-order chi connectivity index (χ0) is 13.1. The maximum atomic E-state index is 7.52. The maximum absolute atomic E-state index is 7.52. The van der Waals surface area contributed by atoms with Crippen LogP contribution in [0.15, 0.2) is 46.5 Å². The van der Waals surface area contributed by atoms with Crippen LogP contribution in [0.5, 0.6) is 0 Å². The first-order valence-corrected chi connectivity index (χ1v) is 6.56. The Labute approximate surface area is 119 Å². The molecule has 0 amide bonds. The monoisotopic (exact) mass is 297 g/mol. The third-order valence-corrected chi connectivity index (χ3v) is 3.97. The van der Waals surface area contributed by atoms with Crippen molar-refractivity contribution < 1.29 is 0 Å². The average Bonchev–Trinajstić information content (AvgIpc) is 2.34. The Balaban J connectivity index is 2.40. The number of nitrogens with two attached hydrogens (primary N) is 1. The molecule has 0 saturated carbocycles. The number of hydrogen-bond donors (Lipinski definition) is 2. The molecule has 1 aromatic heterocycles. The van der Waals surface area contributed by atoms with Gasteiger partial charge in [0, 0.05) is 32.8 Å². The van der Waals surface area contributed by atoms with Gasteiger partial charge in [-0.1, -0.05) is 35.0 Å². The highest BCUT2D eigenvalue weighted by Gasteiger charge is 2.09. The molecule has 0 fully saturated rings. The second-order valence-electron chi connectivity index (χ2n) is 3.46. The first kappa shape index (κ1) is 13.2. The van der Waals surface area contributed by atoms with E-state index in [4.69, 9.17) is 34.3 Å². The van der Waals surface area contributed by atoms with Crippen LogP contribution < -0.4 is 5.73 Å². The number of aromatic nitrogens is 1. The molecule has 2 aromatic rings. The summed E-state index contributed by atoms with van der Waals surface area (Å²) in [4.78, 5) is 5.60. The lowest BCUT2D eigenvalue weighted by Crippen LogP contribution is -2.12. The predicted octanol–water partition coefficient (Wildman–Crippen LogP) is 3.82. The van der Waals surface area contributed by atoms with E-state index in [1.807, 2.05) is 0 Å². The van der Waals surface area contributed by atoms with E-state index < -0.39 is 0 Å². The van der Waals surface area contributed by atoms with Crippen molar-refractivity contribution in [1.29, 1.82) is 5.41 Å². The van der Waals surface area contributed by atoms with Gasteiger partial charge in [-0.25, -0.2) is 0 Å². The molecule has 0 atom stereocenters. The number of halogens is 2. The number of nitrogen functional groups attached to an aromatic ring is 1. The topological polar surface area (TPSA) is 62.8 Å². The van der Waals surface area contributed by atoms with Crippen LogP contribution in [0.1, 0.15) is 5.56 Å². The van der Waals surface area contributed by atoms with E-state index in [9.17, 15) is 0 Å². The van der Waals surface area contributed by atoms with Gasteiger partial charge in [-0.05, 0) is 24.3 Å². The standard InChI is InChI=1S/C12H9Cl2N3S/c13-7-1-2-9(14)10(5-7)18-11-6-17-4-3-8(11)12(15)16/h1-6H,(H3,15,16). The molecule has 1 heterocycles. The zero-order valence-corrected chi connectivity index (χ0v) is 11.5. The molecule has 1 aromatic carbocycles. The fourth-order valence-corrected chi connectivity index (χ4v) is 2.82. The SMILES string of the molecule is N=C(N)c1ccncc1Sc1cc(Cl)ccc1Cl. The molecule has 0 spiro atoms. The molecule has 0 aliphatic rings. The van der Waals surface area contributed by atoms with Crippen molar-refractivity contribution >= 4 is 40.8 Å². The molecule has 3 N–H and O–H groups in total. The van der Waals surface area contributed by atoms with E-state index in [1.54, 1.807) is 36.7 Å². The Morgan fingerprint density at radius 2 is 2.00 bits per heavy atom. The van der Waals surface area contributed by atoms with Crippen molar-refractivity contribution in [3.8, 4) is 0 Å². The van der Waals surface area contributed by atoms with E-state index in [1.165, 1.54) is 11.8 Å². The van der Waals surface area contributed by atoms with Gasteiger partial charge in [-0.15, -0.1) is 0 Å². The first-order valence-electron chi connectivity index (χ1n) is 4.99. The van der Waals surface area contributed by atoms with Gasteiger partial charge in [-0.3, -0.25) is 10.4 Å². The molecule has 18 heavy (non-hydrogen) atoms. The summed E-state index contributed by atoms with van der Waals surface area (Å²) in [5, 5.41) is 8.72. The smallest absolute Gasteiger partial charge is 0.124 e. The van der Waals surface area contributed by atoms with Crippen LogP contribution >= 0.6 is 35.0 Å². The first-order chi connectivity index (χ1) is 8.58. The van der Waals surface area contributed by atoms with Crippen LogP contribution in [0.3, 0.4) is 0 Å². The van der Waals surface area contributed by atoms with Gasteiger partial charge in [0.1, 0.15) is 5.84 Å². The highest BCUT2D eigenvalue weighted by atomic mass is 35.5. The predicted molar refractivity (Wildman–Crippen MR) is 75.8 cm³/mol. The van der Waals surface area contributed by atoms with Gasteiger partial charge >= 0.3 is 0 Å².